The molecule has 0 aromatic heterocycles. The summed E-state index contributed by atoms with van der Waals surface area (Å²) in [6.45, 7) is 13.4. The van der Waals surface area contributed by atoms with Crippen LogP contribution in [0.2, 0.25) is 0 Å². The summed E-state index contributed by atoms with van der Waals surface area (Å²) >= 11 is 0. The van der Waals surface area contributed by atoms with Gasteiger partial charge in [0, 0.05) is 38.3 Å². The van der Waals surface area contributed by atoms with Crippen LogP contribution in [-0.4, -0.2) is 68.0 Å². The average Bonchev–Trinajstić information content (AvgIpc) is 3.90. The monoisotopic (exact) mass is 916 g/mol. The number of hydrogen-bond donors (Lipinski definition) is 1. The minimum absolute atomic E-state index is 0.00374. The lowest BCUT2D eigenvalue weighted by molar-refractivity contribution is -0.151. The second kappa shape index (κ2) is 21.2. The topological polar surface area (TPSA) is 94.5 Å². The van der Waals surface area contributed by atoms with E-state index >= 15 is 0 Å². The van der Waals surface area contributed by atoms with Crippen LogP contribution in [0.4, 0.5) is 0 Å². The lowest BCUT2D eigenvalue weighted by atomic mass is 9.47. The lowest BCUT2D eigenvalue weighted by Gasteiger charge is -2.58. The number of hydrogen-bond acceptors (Lipinski definition) is 7. The molecule has 8 nitrogen and oxygen atoms in total. The number of β-amino-alcohol motifs (C(OH)–C–C–N with tert-alkyl or cyclic N) is 1. The van der Waals surface area contributed by atoms with Crippen LogP contribution in [0.3, 0.4) is 0 Å². The van der Waals surface area contributed by atoms with Gasteiger partial charge < -0.3 is 29.0 Å². The van der Waals surface area contributed by atoms with Crippen LogP contribution in [0, 0.1) is 52.3 Å². The predicted molar refractivity (Wildman–Crippen MR) is 266 cm³/mol. The van der Waals surface area contributed by atoms with E-state index in [1.165, 1.54) is 51.4 Å². The summed E-state index contributed by atoms with van der Waals surface area (Å²) in [5.41, 5.74) is 4.01. The van der Waals surface area contributed by atoms with Crippen LogP contribution in [0.25, 0.3) is 0 Å². The van der Waals surface area contributed by atoms with Crippen molar-refractivity contribution in [1.82, 2.24) is 4.90 Å². The molecule has 1 aliphatic heterocycles. The molecule has 3 aromatic rings. The van der Waals surface area contributed by atoms with Gasteiger partial charge >= 0.3 is 5.97 Å². The SMILES string of the molecule is COc1ccc(C(OCC2CN(C(=O)CCCCC(=O)O[C@H]3CC[C@@]4(C)C(=CCC5C4CC[C@@]4(C)C5CC[C@@H]4C(C)CCCC(C)C)C3)CC2O)(c2ccccc2)c2ccc(OC)cc2)cc1. The Kier molecular flexibility index (Phi) is 15.6. The molecule has 1 saturated heterocycles. The van der Waals surface area contributed by atoms with Gasteiger partial charge in [-0.3, -0.25) is 9.59 Å². The van der Waals surface area contributed by atoms with Crippen LogP contribution in [0.5, 0.6) is 11.5 Å². The van der Waals surface area contributed by atoms with Gasteiger partial charge in [0.15, 0.2) is 0 Å². The Morgan fingerprint density at radius 3 is 2.07 bits per heavy atom. The third-order valence-electron chi connectivity index (χ3n) is 18.0. The standard InChI is InChI=1S/C59H81NO7/c1-40(2)14-13-15-41(3)51-30-31-52-50-29-24-46-36-49(32-34-57(46,4)53(50)33-35-58(51,52)5)67-56(63)19-12-11-18-55(62)60-37-42(54(61)38-60)39-66-59(43-16-9-8-10-17-43,44-20-25-47(64-6)26-21-44)45-22-27-48(65-7)28-23-45/h8-10,16-17,20-28,40-42,49-54,61H,11-15,18-19,29-39H2,1-7H3/t41?,42?,49-,50?,51+,52?,53?,54?,57-,58+/m0/s1. The van der Waals surface area contributed by atoms with E-state index < -0.39 is 11.7 Å². The number of esters is 1. The minimum atomic E-state index is -1.01. The molecule has 5 aliphatic rings. The van der Waals surface area contributed by atoms with E-state index in [2.05, 4.69) is 52.8 Å². The maximum absolute atomic E-state index is 13.6. The molecule has 6 unspecified atom stereocenters. The summed E-state index contributed by atoms with van der Waals surface area (Å²) in [5.74, 6) is 5.92. The van der Waals surface area contributed by atoms with E-state index in [9.17, 15) is 14.7 Å². The number of rotatable bonds is 19. The summed E-state index contributed by atoms with van der Waals surface area (Å²) in [6, 6.07) is 25.9. The molecule has 0 bridgehead atoms. The first-order valence-corrected chi connectivity index (χ1v) is 26.1. The third kappa shape index (κ3) is 10.3. The van der Waals surface area contributed by atoms with Crippen molar-refractivity contribution >= 4 is 11.9 Å². The first-order chi connectivity index (χ1) is 32.3. The molecule has 4 aliphatic carbocycles. The quantitative estimate of drug-likeness (QED) is 0.0554. The maximum atomic E-state index is 13.6. The highest BCUT2D eigenvalue weighted by atomic mass is 16.5. The first-order valence-electron chi connectivity index (χ1n) is 26.1. The number of unbranched alkanes of at least 4 members (excludes halogenated alkanes) is 1. The normalized spacial score (nSPS) is 29.7. The van der Waals surface area contributed by atoms with Gasteiger partial charge in [-0.15, -0.1) is 0 Å². The number of fused-ring (bicyclic) bond motifs is 5. The number of carbonyl (C=O) groups excluding carboxylic acids is 2. The first kappa shape index (κ1) is 49.3. The fourth-order valence-electron chi connectivity index (χ4n) is 14.2. The zero-order valence-electron chi connectivity index (χ0n) is 41.9. The highest BCUT2D eigenvalue weighted by Gasteiger charge is 2.59. The molecule has 1 heterocycles. The molecule has 4 fully saturated rings. The fourth-order valence-corrected chi connectivity index (χ4v) is 14.2. The number of methoxy groups -OCH3 is 2. The number of benzene rings is 3. The summed E-state index contributed by atoms with van der Waals surface area (Å²) in [5, 5.41) is 11.3. The zero-order valence-corrected chi connectivity index (χ0v) is 41.9. The molecule has 0 radical (unpaired) electrons. The Labute approximate surface area is 402 Å². The summed E-state index contributed by atoms with van der Waals surface area (Å²) in [6.07, 6.45) is 17.4. The van der Waals surface area contributed by atoms with Crippen LogP contribution < -0.4 is 9.47 Å². The van der Waals surface area contributed by atoms with Crippen molar-refractivity contribution in [2.45, 2.75) is 149 Å². The molecule has 0 spiro atoms. The smallest absolute Gasteiger partial charge is 0.306 e. The Bertz CT molecular complexity index is 2090. The lowest BCUT2D eigenvalue weighted by Crippen LogP contribution is -2.51. The van der Waals surface area contributed by atoms with Gasteiger partial charge in [-0.1, -0.05) is 120 Å². The largest absolute Gasteiger partial charge is 0.497 e. The van der Waals surface area contributed by atoms with Gasteiger partial charge in [0.25, 0.3) is 0 Å². The van der Waals surface area contributed by atoms with Crippen molar-refractivity contribution in [2.75, 3.05) is 33.9 Å². The summed E-state index contributed by atoms with van der Waals surface area (Å²) in [4.78, 5) is 28.6. The van der Waals surface area contributed by atoms with E-state index in [1.54, 1.807) is 24.7 Å². The third-order valence-corrected chi connectivity index (χ3v) is 18.0. The van der Waals surface area contributed by atoms with Gasteiger partial charge in [-0.25, -0.2) is 0 Å². The van der Waals surface area contributed by atoms with E-state index in [-0.39, 0.29) is 42.5 Å². The number of likely N-dealkylation sites (tertiary alicyclic amines) is 1. The number of ether oxygens (including phenoxy) is 4. The van der Waals surface area contributed by atoms with Crippen LogP contribution in [0.1, 0.15) is 148 Å². The van der Waals surface area contributed by atoms with Gasteiger partial charge in [0.05, 0.1) is 26.9 Å². The Balaban J connectivity index is 0.813. The van der Waals surface area contributed by atoms with Crippen molar-refractivity contribution in [2.24, 2.45) is 52.3 Å². The molecule has 1 amide bonds. The highest BCUT2D eigenvalue weighted by Crippen LogP contribution is 2.67. The second-order valence-corrected chi connectivity index (χ2v) is 22.3. The van der Waals surface area contributed by atoms with Crippen molar-refractivity contribution in [3.8, 4) is 11.5 Å². The van der Waals surface area contributed by atoms with Crippen molar-refractivity contribution < 1.29 is 33.6 Å². The molecule has 10 atom stereocenters. The van der Waals surface area contributed by atoms with Gasteiger partial charge in [0.2, 0.25) is 5.91 Å². The molecule has 364 valence electrons. The molecule has 8 heteroatoms. The predicted octanol–water partition coefficient (Wildman–Crippen LogP) is 12.3. The van der Waals surface area contributed by atoms with E-state index in [4.69, 9.17) is 18.9 Å². The second-order valence-electron chi connectivity index (χ2n) is 22.3. The van der Waals surface area contributed by atoms with E-state index in [1.807, 2.05) is 66.7 Å². The van der Waals surface area contributed by atoms with Gasteiger partial charge in [0.1, 0.15) is 23.2 Å². The number of amides is 1. The van der Waals surface area contributed by atoms with Crippen molar-refractivity contribution in [3.63, 3.8) is 0 Å². The number of aliphatic hydroxyl groups excluding tert-OH is 1. The number of aliphatic hydroxyl groups is 1. The average molecular weight is 916 g/mol. The minimum Gasteiger partial charge on any atom is -0.497 e. The fraction of sp³-hybridized carbons (Fsp3) is 0.627. The Morgan fingerprint density at radius 1 is 0.761 bits per heavy atom. The number of nitrogens with zero attached hydrogens (tertiary/aromatic N) is 1. The van der Waals surface area contributed by atoms with Crippen molar-refractivity contribution in [3.05, 3.63) is 107 Å². The zero-order chi connectivity index (χ0) is 47.3. The molecule has 3 aromatic carbocycles. The van der Waals surface area contributed by atoms with Gasteiger partial charge in [-0.2, -0.15) is 0 Å². The van der Waals surface area contributed by atoms with Crippen molar-refractivity contribution in [1.29, 1.82) is 0 Å². The van der Waals surface area contributed by atoms with Gasteiger partial charge in [-0.05, 0) is 145 Å². The van der Waals surface area contributed by atoms with E-state index in [0.717, 1.165) is 83.0 Å². The highest BCUT2D eigenvalue weighted by molar-refractivity contribution is 5.76. The summed E-state index contributed by atoms with van der Waals surface area (Å²) < 4.78 is 24.2. The van der Waals surface area contributed by atoms with Crippen LogP contribution in [0.15, 0.2) is 90.5 Å². The van der Waals surface area contributed by atoms with E-state index in [0.29, 0.717) is 37.6 Å². The molecular formula is C59H81NO7. The number of carbonyl (C=O) groups is 2. The Morgan fingerprint density at radius 2 is 1.42 bits per heavy atom. The Hall–Kier alpha value is -4.14. The van der Waals surface area contributed by atoms with Crippen LogP contribution in [-0.2, 0) is 24.7 Å². The molecule has 67 heavy (non-hydrogen) atoms. The number of allylic oxidation sites excluding steroid dienone is 1. The molecule has 8 rings (SSSR count). The summed E-state index contributed by atoms with van der Waals surface area (Å²) in [7, 11) is 3.30. The molecular weight excluding hydrogens is 835 g/mol. The molecule has 1 N–H and O–H groups in total. The van der Waals surface area contributed by atoms with Crippen LogP contribution >= 0.6 is 0 Å². The maximum Gasteiger partial charge on any atom is 0.306 e. The molecule has 3 saturated carbocycles.